The summed E-state index contributed by atoms with van der Waals surface area (Å²) in [5.74, 6) is -0.537. The zero-order valence-electron chi connectivity index (χ0n) is 19.5. The van der Waals surface area contributed by atoms with Crippen molar-refractivity contribution >= 4 is 23.3 Å². The van der Waals surface area contributed by atoms with Gasteiger partial charge in [-0.25, -0.2) is 23.1 Å². The Hall–Kier alpha value is -2.43. The minimum atomic E-state index is -2.91. The SMILES string of the molecule is C[C@@H](Nc1nc(Cl)nc2c1CN(C(=O)C1(C)CCN(C3COC3)C1)C2)c1cccc(C(F)F)c1F. The number of carbonyl (C=O) groups is 1. The van der Waals surface area contributed by atoms with E-state index in [1.54, 1.807) is 11.8 Å². The number of hydrogen-bond donors (Lipinski definition) is 1. The van der Waals surface area contributed by atoms with Crippen LogP contribution in [0.5, 0.6) is 0 Å². The first-order chi connectivity index (χ1) is 16.7. The molecule has 1 N–H and O–H groups in total. The number of nitrogens with one attached hydrogen (secondary N) is 1. The Balaban J connectivity index is 1.34. The Labute approximate surface area is 206 Å². The van der Waals surface area contributed by atoms with Gasteiger partial charge in [-0.2, -0.15) is 0 Å². The molecule has 2 atom stereocenters. The van der Waals surface area contributed by atoms with E-state index in [4.69, 9.17) is 16.3 Å². The summed E-state index contributed by atoms with van der Waals surface area (Å²) in [5.41, 5.74) is 0.266. The van der Waals surface area contributed by atoms with Crippen LogP contribution in [-0.4, -0.2) is 58.0 Å². The van der Waals surface area contributed by atoms with Crippen molar-refractivity contribution in [3.05, 3.63) is 51.7 Å². The van der Waals surface area contributed by atoms with Gasteiger partial charge in [-0.15, -0.1) is 0 Å². The second-order valence-corrected chi connectivity index (χ2v) is 10.2. The minimum absolute atomic E-state index is 0.00205. The lowest BCUT2D eigenvalue weighted by molar-refractivity contribution is -0.142. The number of carbonyl (C=O) groups excluding carboxylic acids is 1. The van der Waals surface area contributed by atoms with Crippen LogP contribution in [0.3, 0.4) is 0 Å². The Bertz CT molecular complexity index is 1150. The molecule has 0 aliphatic carbocycles. The second-order valence-electron chi connectivity index (χ2n) is 9.82. The fourth-order valence-corrected chi connectivity index (χ4v) is 5.33. The molecule has 4 heterocycles. The molecule has 0 radical (unpaired) electrons. The Morgan fingerprint density at radius 1 is 1.26 bits per heavy atom. The predicted octanol–water partition coefficient (Wildman–Crippen LogP) is 4.33. The van der Waals surface area contributed by atoms with Gasteiger partial charge in [0.05, 0.1) is 55.1 Å². The molecule has 3 aliphatic rings. The Morgan fingerprint density at radius 2 is 2.00 bits per heavy atom. The molecule has 1 amide bonds. The predicted molar refractivity (Wildman–Crippen MR) is 124 cm³/mol. The summed E-state index contributed by atoms with van der Waals surface area (Å²) in [7, 11) is 0. The van der Waals surface area contributed by atoms with Crippen molar-refractivity contribution in [3.63, 3.8) is 0 Å². The number of benzene rings is 1. The first kappa shape index (κ1) is 24.3. The summed E-state index contributed by atoms with van der Waals surface area (Å²) >= 11 is 6.16. The van der Waals surface area contributed by atoms with Crippen LogP contribution in [0.25, 0.3) is 0 Å². The minimum Gasteiger partial charge on any atom is -0.378 e. The molecular formula is C24H27ClF3N5O2. The number of rotatable bonds is 6. The number of aromatic nitrogens is 2. The highest BCUT2D eigenvalue weighted by atomic mass is 35.5. The van der Waals surface area contributed by atoms with Crippen molar-refractivity contribution in [2.45, 2.75) is 51.9 Å². The standard InChI is InChI=1S/C24H27ClF3N5O2/c1-13(15-4-3-5-16(19(15)26)20(27)28)29-21-17-8-33(9-18(17)30-23(25)31-21)22(34)24(2)6-7-32(12-24)14-10-35-11-14/h3-5,13-14,20H,6-12H2,1-2H3,(H,29,30,31)/t13-,24?/m1/s1. The van der Waals surface area contributed by atoms with Crippen LogP contribution in [0.2, 0.25) is 5.28 Å². The molecular weight excluding hydrogens is 483 g/mol. The Morgan fingerprint density at radius 3 is 2.69 bits per heavy atom. The topological polar surface area (TPSA) is 70.6 Å². The molecule has 2 aromatic rings. The van der Waals surface area contributed by atoms with Gasteiger partial charge in [0.1, 0.15) is 11.6 Å². The summed E-state index contributed by atoms with van der Waals surface area (Å²) in [6, 6.07) is 3.64. The van der Waals surface area contributed by atoms with E-state index in [9.17, 15) is 18.0 Å². The smallest absolute Gasteiger partial charge is 0.266 e. The molecule has 2 fully saturated rings. The van der Waals surface area contributed by atoms with E-state index >= 15 is 0 Å². The first-order valence-corrected chi connectivity index (χ1v) is 12.0. The van der Waals surface area contributed by atoms with Gasteiger partial charge in [-0.05, 0) is 38.4 Å². The molecule has 0 bridgehead atoms. The molecule has 0 spiro atoms. The maximum absolute atomic E-state index is 14.7. The van der Waals surface area contributed by atoms with E-state index in [-0.39, 0.29) is 16.8 Å². The highest BCUT2D eigenvalue weighted by Crippen LogP contribution is 2.38. The van der Waals surface area contributed by atoms with Crippen LogP contribution in [0.4, 0.5) is 19.0 Å². The lowest BCUT2D eigenvalue weighted by atomic mass is 9.88. The molecule has 0 saturated carbocycles. The van der Waals surface area contributed by atoms with Gasteiger partial charge in [0.25, 0.3) is 6.43 Å². The van der Waals surface area contributed by atoms with Gasteiger partial charge in [0.15, 0.2) is 0 Å². The van der Waals surface area contributed by atoms with Crippen LogP contribution in [0, 0.1) is 11.2 Å². The number of anilines is 1. The number of likely N-dealkylation sites (tertiary alicyclic amines) is 1. The third kappa shape index (κ3) is 4.47. The van der Waals surface area contributed by atoms with Crippen molar-refractivity contribution in [3.8, 4) is 0 Å². The van der Waals surface area contributed by atoms with Crippen molar-refractivity contribution in [1.82, 2.24) is 19.8 Å². The summed E-state index contributed by atoms with van der Waals surface area (Å²) in [4.78, 5) is 26.2. The number of ether oxygens (including phenoxy) is 1. The van der Waals surface area contributed by atoms with E-state index in [2.05, 4.69) is 20.2 Å². The highest BCUT2D eigenvalue weighted by molar-refractivity contribution is 6.28. The van der Waals surface area contributed by atoms with Gasteiger partial charge in [-0.1, -0.05) is 18.2 Å². The monoisotopic (exact) mass is 509 g/mol. The van der Waals surface area contributed by atoms with Gasteiger partial charge in [0, 0.05) is 17.7 Å². The zero-order chi connectivity index (χ0) is 24.9. The van der Waals surface area contributed by atoms with Crippen molar-refractivity contribution in [2.75, 3.05) is 31.6 Å². The molecule has 2 saturated heterocycles. The fraction of sp³-hybridized carbons (Fsp3) is 0.542. The third-order valence-electron chi connectivity index (χ3n) is 7.31. The van der Waals surface area contributed by atoms with Crippen LogP contribution in [-0.2, 0) is 22.6 Å². The van der Waals surface area contributed by atoms with Crippen molar-refractivity contribution < 1.29 is 22.7 Å². The molecule has 188 valence electrons. The average Bonchev–Trinajstić information content (AvgIpc) is 3.36. The molecule has 1 unspecified atom stereocenters. The number of alkyl halides is 2. The normalized spacial score (nSPS) is 23.5. The second kappa shape index (κ2) is 9.22. The maximum Gasteiger partial charge on any atom is 0.266 e. The summed E-state index contributed by atoms with van der Waals surface area (Å²) in [6.45, 7) is 7.21. The van der Waals surface area contributed by atoms with Gasteiger partial charge >= 0.3 is 0 Å². The summed E-state index contributed by atoms with van der Waals surface area (Å²) < 4.78 is 46.3. The molecule has 11 heteroatoms. The molecule has 1 aromatic heterocycles. The van der Waals surface area contributed by atoms with Gasteiger partial charge in [-0.3, -0.25) is 9.69 Å². The number of fused-ring (bicyclic) bond motifs is 1. The zero-order valence-corrected chi connectivity index (χ0v) is 20.3. The number of halogens is 4. The van der Waals surface area contributed by atoms with Crippen molar-refractivity contribution in [1.29, 1.82) is 0 Å². The summed E-state index contributed by atoms with van der Waals surface area (Å²) in [6.07, 6.45) is -2.15. The van der Waals surface area contributed by atoms with Crippen LogP contribution >= 0.6 is 11.6 Å². The van der Waals surface area contributed by atoms with E-state index in [1.807, 2.05) is 6.92 Å². The maximum atomic E-state index is 14.7. The number of nitrogens with zero attached hydrogens (tertiary/aromatic N) is 4. The van der Waals surface area contributed by atoms with Crippen molar-refractivity contribution in [2.24, 2.45) is 5.41 Å². The molecule has 7 nitrogen and oxygen atoms in total. The fourth-order valence-electron chi connectivity index (χ4n) is 5.14. The molecule has 5 rings (SSSR count). The quantitative estimate of drug-likeness (QED) is 0.584. The third-order valence-corrected chi connectivity index (χ3v) is 7.48. The lowest BCUT2D eigenvalue weighted by Gasteiger charge is -2.36. The Kier molecular flexibility index (Phi) is 6.39. The molecule has 3 aliphatic heterocycles. The van der Waals surface area contributed by atoms with Crippen LogP contribution < -0.4 is 5.32 Å². The largest absolute Gasteiger partial charge is 0.378 e. The van der Waals surface area contributed by atoms with Gasteiger partial charge < -0.3 is 15.0 Å². The first-order valence-electron chi connectivity index (χ1n) is 11.7. The molecule has 35 heavy (non-hydrogen) atoms. The van der Waals surface area contributed by atoms with E-state index in [0.717, 1.165) is 19.0 Å². The molecule has 1 aromatic carbocycles. The van der Waals surface area contributed by atoms with E-state index in [1.165, 1.54) is 12.1 Å². The highest BCUT2D eigenvalue weighted by Gasteiger charge is 2.46. The van der Waals surface area contributed by atoms with E-state index < -0.39 is 29.3 Å². The number of hydrogen-bond acceptors (Lipinski definition) is 6. The summed E-state index contributed by atoms with van der Waals surface area (Å²) in [5, 5.41) is 3.10. The average molecular weight is 510 g/mol. The number of amides is 1. The van der Waals surface area contributed by atoms with Gasteiger partial charge in [0.2, 0.25) is 11.2 Å². The van der Waals surface area contributed by atoms with Crippen LogP contribution in [0.1, 0.15) is 55.1 Å². The van der Waals surface area contributed by atoms with Crippen LogP contribution in [0.15, 0.2) is 18.2 Å². The lowest BCUT2D eigenvalue weighted by Crippen LogP contribution is -2.50. The van der Waals surface area contributed by atoms with E-state index in [0.29, 0.717) is 56.0 Å².